The molecule has 1 radical (unpaired) electrons. The van der Waals surface area contributed by atoms with Crippen molar-refractivity contribution in [3.8, 4) is 0 Å². The van der Waals surface area contributed by atoms with E-state index in [0.717, 1.165) is 0 Å². The van der Waals surface area contributed by atoms with Crippen LogP contribution in [0.15, 0.2) is 0 Å². The molecule has 0 spiro atoms. The Morgan fingerprint density at radius 3 is 1.14 bits per heavy atom. The minimum Gasteiger partial charge on any atom is -0.264 e. The van der Waals surface area contributed by atoms with Crippen LogP contribution in [0.5, 0.6) is 0 Å². The topological polar surface area (TPSA) is 74.6 Å². The zero-order valence-corrected chi connectivity index (χ0v) is 7.16. The minimum absolute atomic E-state index is 0. The van der Waals surface area contributed by atoms with E-state index < -0.39 is 10.4 Å². The minimum atomic E-state index is -4.67. The van der Waals surface area contributed by atoms with Crippen molar-refractivity contribution in [3.63, 3.8) is 0 Å². The molecule has 0 aromatic heterocycles. The summed E-state index contributed by atoms with van der Waals surface area (Å²) < 4.78 is 31.6. The SMILES string of the molecule is Cl.O=S(=O)(O)O.[Na]. The van der Waals surface area contributed by atoms with Gasteiger partial charge >= 0.3 is 10.4 Å². The van der Waals surface area contributed by atoms with Crippen molar-refractivity contribution in [3.05, 3.63) is 0 Å². The van der Waals surface area contributed by atoms with Gasteiger partial charge in [-0.25, -0.2) is 0 Å². The maximum absolute atomic E-state index is 8.74. The zero-order chi connectivity index (χ0) is 4.50. The number of halogens is 1. The fourth-order valence-electron chi connectivity index (χ4n) is 0. The second-order valence-electron chi connectivity index (χ2n) is 0.448. The van der Waals surface area contributed by atoms with Crippen LogP contribution in [0.2, 0.25) is 0 Å². The first-order valence-corrected chi connectivity index (χ1v) is 2.10. The average Bonchev–Trinajstić information content (AvgIpc) is 0.722. The van der Waals surface area contributed by atoms with Gasteiger partial charge in [-0.3, -0.25) is 9.11 Å². The normalized spacial score (nSPS) is 8.29. The largest absolute Gasteiger partial charge is 0.394 e. The van der Waals surface area contributed by atoms with E-state index in [0.29, 0.717) is 0 Å². The van der Waals surface area contributed by atoms with Crippen LogP contribution in [-0.4, -0.2) is 47.1 Å². The van der Waals surface area contributed by atoms with Gasteiger partial charge in [-0.15, -0.1) is 12.4 Å². The van der Waals surface area contributed by atoms with Crippen LogP contribution in [0.3, 0.4) is 0 Å². The molecule has 4 nitrogen and oxygen atoms in total. The molecule has 0 aliphatic rings. The van der Waals surface area contributed by atoms with Gasteiger partial charge in [-0.2, -0.15) is 8.42 Å². The van der Waals surface area contributed by atoms with Crippen molar-refractivity contribution in [2.45, 2.75) is 0 Å². The molecular weight excluding hydrogens is 155 g/mol. The van der Waals surface area contributed by atoms with Gasteiger partial charge in [0.05, 0.1) is 0 Å². The third-order valence-corrected chi connectivity index (χ3v) is 0. The summed E-state index contributed by atoms with van der Waals surface area (Å²) in [5.41, 5.74) is 0. The molecule has 7 heavy (non-hydrogen) atoms. The average molecular weight is 158 g/mol. The summed E-state index contributed by atoms with van der Waals surface area (Å²) in [4.78, 5) is 0. The Morgan fingerprint density at radius 1 is 1.14 bits per heavy atom. The second kappa shape index (κ2) is 5.30. The van der Waals surface area contributed by atoms with E-state index in [2.05, 4.69) is 0 Å². The van der Waals surface area contributed by atoms with Crippen LogP contribution in [0, 0.1) is 0 Å². The van der Waals surface area contributed by atoms with Crippen molar-refractivity contribution < 1.29 is 17.5 Å². The van der Waals surface area contributed by atoms with Gasteiger partial charge in [0.1, 0.15) is 0 Å². The van der Waals surface area contributed by atoms with Crippen molar-refractivity contribution in [1.82, 2.24) is 0 Å². The second-order valence-corrected chi connectivity index (χ2v) is 1.34. The van der Waals surface area contributed by atoms with Crippen molar-refractivity contribution in [1.29, 1.82) is 0 Å². The van der Waals surface area contributed by atoms with Crippen LogP contribution in [0.1, 0.15) is 0 Å². The Labute approximate surface area is 69.6 Å². The van der Waals surface area contributed by atoms with Crippen LogP contribution < -0.4 is 0 Å². The molecule has 0 aromatic rings. The van der Waals surface area contributed by atoms with E-state index in [9.17, 15) is 0 Å². The number of hydrogen-bond donors (Lipinski definition) is 2. The van der Waals surface area contributed by atoms with E-state index in [1.54, 1.807) is 0 Å². The molecule has 0 atom stereocenters. The van der Waals surface area contributed by atoms with Gasteiger partial charge in [0.15, 0.2) is 0 Å². The Kier molecular flexibility index (Phi) is 11.9. The fraction of sp³-hybridized carbons (Fsp3) is 0. The van der Waals surface area contributed by atoms with Gasteiger partial charge < -0.3 is 0 Å². The zero-order valence-electron chi connectivity index (χ0n) is 3.53. The fourth-order valence-corrected chi connectivity index (χ4v) is 0. The molecule has 0 saturated heterocycles. The molecule has 0 aliphatic carbocycles. The summed E-state index contributed by atoms with van der Waals surface area (Å²) in [7, 11) is -4.67. The summed E-state index contributed by atoms with van der Waals surface area (Å²) in [6, 6.07) is 0. The standard InChI is InChI=1S/ClH.Na.H2O4S/c;;1-5(2,3)4/h1H;;(H2,1,2,3,4). The Balaban J connectivity index is -0.0000000800. The Hall–Kier alpha value is 1.16. The first-order valence-electron chi connectivity index (χ1n) is 0.698. The smallest absolute Gasteiger partial charge is 0.264 e. The molecule has 7 heteroatoms. The van der Waals surface area contributed by atoms with E-state index in [1.165, 1.54) is 0 Å². The molecular formula is H3ClNaO4S. The van der Waals surface area contributed by atoms with Crippen molar-refractivity contribution in [2.75, 3.05) is 0 Å². The van der Waals surface area contributed by atoms with Crippen LogP contribution in [-0.2, 0) is 10.4 Å². The number of hydrogen-bond acceptors (Lipinski definition) is 2. The van der Waals surface area contributed by atoms with Gasteiger partial charge in [0, 0.05) is 29.6 Å². The Bertz CT molecular complexity index is 94.9. The third kappa shape index (κ3) is 142. The summed E-state index contributed by atoms with van der Waals surface area (Å²) in [5.74, 6) is 0. The Morgan fingerprint density at radius 2 is 1.14 bits per heavy atom. The molecule has 0 bridgehead atoms. The van der Waals surface area contributed by atoms with E-state index >= 15 is 0 Å². The molecule has 0 saturated carbocycles. The van der Waals surface area contributed by atoms with Gasteiger partial charge in [-0.05, 0) is 0 Å². The molecule has 0 unspecified atom stereocenters. The molecule has 0 rings (SSSR count). The summed E-state index contributed by atoms with van der Waals surface area (Å²) in [6.45, 7) is 0. The molecule has 2 N–H and O–H groups in total. The van der Waals surface area contributed by atoms with Gasteiger partial charge in [0.25, 0.3) is 0 Å². The predicted octanol–water partition coefficient (Wildman–Crippen LogP) is -0.612. The summed E-state index contributed by atoms with van der Waals surface area (Å²) in [6.07, 6.45) is 0. The molecule has 0 amide bonds. The van der Waals surface area contributed by atoms with Crippen molar-refractivity contribution >= 4 is 52.4 Å². The summed E-state index contributed by atoms with van der Waals surface area (Å²) in [5, 5.41) is 0. The van der Waals surface area contributed by atoms with Gasteiger partial charge in [-0.1, -0.05) is 0 Å². The summed E-state index contributed by atoms with van der Waals surface area (Å²) >= 11 is 0. The van der Waals surface area contributed by atoms with Crippen molar-refractivity contribution in [2.24, 2.45) is 0 Å². The molecule has 0 aliphatic heterocycles. The first kappa shape index (κ1) is 15.7. The van der Waals surface area contributed by atoms with Crippen LogP contribution in [0.4, 0.5) is 0 Å². The van der Waals surface area contributed by atoms with E-state index in [4.69, 9.17) is 17.5 Å². The third-order valence-electron chi connectivity index (χ3n) is 0. The first-order chi connectivity index (χ1) is 2.00. The van der Waals surface area contributed by atoms with Gasteiger partial charge in [0.2, 0.25) is 0 Å². The molecule has 41 valence electrons. The predicted molar refractivity (Wildman–Crippen MR) is 27.2 cm³/mol. The monoisotopic (exact) mass is 157 g/mol. The van der Waals surface area contributed by atoms with E-state index in [1.807, 2.05) is 0 Å². The van der Waals surface area contributed by atoms with E-state index in [-0.39, 0.29) is 42.0 Å². The molecule has 0 fully saturated rings. The number of rotatable bonds is 0. The van der Waals surface area contributed by atoms with Crippen LogP contribution >= 0.6 is 12.4 Å². The molecule has 0 heterocycles. The maximum Gasteiger partial charge on any atom is 0.394 e. The quantitative estimate of drug-likeness (QED) is 0.363. The molecule has 0 aromatic carbocycles. The van der Waals surface area contributed by atoms with Crippen LogP contribution in [0.25, 0.3) is 0 Å². The maximum atomic E-state index is 8.74.